The second-order valence-corrected chi connectivity index (χ2v) is 5.81. The van der Waals surface area contributed by atoms with Gasteiger partial charge in [-0.1, -0.05) is 17.7 Å². The fourth-order valence-electron chi connectivity index (χ4n) is 3.01. The molecular formula is C15H14ClN5O. The third-order valence-electron chi connectivity index (χ3n) is 4.03. The molecule has 0 aromatic carbocycles. The van der Waals surface area contributed by atoms with Crippen LogP contribution in [0.2, 0.25) is 5.02 Å². The van der Waals surface area contributed by atoms with Crippen molar-refractivity contribution < 1.29 is 4.79 Å². The Balaban J connectivity index is 1.70. The van der Waals surface area contributed by atoms with E-state index in [0.717, 1.165) is 24.3 Å². The van der Waals surface area contributed by atoms with Crippen LogP contribution >= 0.6 is 11.6 Å². The van der Waals surface area contributed by atoms with Crippen LogP contribution in [0.5, 0.6) is 0 Å². The van der Waals surface area contributed by atoms with E-state index < -0.39 is 0 Å². The van der Waals surface area contributed by atoms with Gasteiger partial charge >= 0.3 is 0 Å². The van der Waals surface area contributed by atoms with Gasteiger partial charge in [0, 0.05) is 18.9 Å². The quantitative estimate of drug-likeness (QED) is 0.790. The summed E-state index contributed by atoms with van der Waals surface area (Å²) in [7, 11) is 0. The molecule has 1 fully saturated rings. The molecule has 0 unspecified atom stereocenters. The number of H-pyrrole nitrogens is 1. The second kappa shape index (κ2) is 5.14. The van der Waals surface area contributed by atoms with E-state index >= 15 is 0 Å². The smallest absolute Gasteiger partial charge is 0.270 e. The number of aromatic amines is 1. The molecule has 22 heavy (non-hydrogen) atoms. The number of rotatable bonds is 2. The summed E-state index contributed by atoms with van der Waals surface area (Å²) in [6.45, 7) is 0.710. The monoisotopic (exact) mass is 315 g/mol. The van der Waals surface area contributed by atoms with Gasteiger partial charge < -0.3 is 9.88 Å². The first-order chi connectivity index (χ1) is 10.7. The highest BCUT2D eigenvalue weighted by Gasteiger charge is 2.34. The number of likely N-dealkylation sites (tertiary alicyclic amines) is 1. The molecule has 4 heterocycles. The maximum Gasteiger partial charge on any atom is 0.270 e. The van der Waals surface area contributed by atoms with Crippen LogP contribution in [-0.4, -0.2) is 36.9 Å². The Bertz CT molecular complexity index is 839. The van der Waals surface area contributed by atoms with E-state index in [2.05, 4.69) is 15.2 Å². The molecule has 0 saturated carbocycles. The number of aromatic nitrogens is 4. The lowest BCUT2D eigenvalue weighted by atomic mass is 10.2. The van der Waals surface area contributed by atoms with Crippen LogP contribution in [0, 0.1) is 0 Å². The number of hydrogen-bond donors (Lipinski definition) is 1. The highest BCUT2D eigenvalue weighted by molar-refractivity contribution is 6.30. The van der Waals surface area contributed by atoms with Gasteiger partial charge in [0.25, 0.3) is 5.91 Å². The summed E-state index contributed by atoms with van der Waals surface area (Å²) < 4.78 is 1.94. The van der Waals surface area contributed by atoms with Crippen LogP contribution in [0.15, 0.2) is 36.7 Å². The number of hydrogen-bond acceptors (Lipinski definition) is 3. The highest BCUT2D eigenvalue weighted by Crippen LogP contribution is 2.32. The van der Waals surface area contributed by atoms with Gasteiger partial charge in [-0.15, -0.1) is 10.2 Å². The normalized spacial score (nSPS) is 18.2. The zero-order valence-corrected chi connectivity index (χ0v) is 12.5. The third kappa shape index (κ3) is 2.07. The van der Waals surface area contributed by atoms with Crippen LogP contribution in [0.4, 0.5) is 0 Å². The molecule has 0 aliphatic carbocycles. The first-order valence-electron chi connectivity index (χ1n) is 7.18. The number of amides is 1. The van der Waals surface area contributed by atoms with E-state index in [4.69, 9.17) is 11.6 Å². The average molecular weight is 316 g/mol. The summed E-state index contributed by atoms with van der Waals surface area (Å²) in [4.78, 5) is 17.4. The Labute approximate surface area is 131 Å². The number of halogens is 1. The molecule has 3 aromatic rings. The van der Waals surface area contributed by atoms with Crippen molar-refractivity contribution in [1.82, 2.24) is 24.5 Å². The first kappa shape index (κ1) is 13.3. The fraction of sp³-hybridized carbons (Fsp3) is 0.267. The molecule has 0 bridgehead atoms. The standard InChI is InChI=1S/C15H14ClN5O/c16-10-8-11(17-9-10)15(22)20-7-3-4-12(20)14-19-18-13-5-1-2-6-21(13)14/h1-2,5-6,8-9,12,17H,3-4,7H2/t12-/m1/s1. The topological polar surface area (TPSA) is 66.3 Å². The van der Waals surface area contributed by atoms with Gasteiger partial charge in [0.2, 0.25) is 0 Å². The van der Waals surface area contributed by atoms with Crippen LogP contribution in [0.1, 0.15) is 35.2 Å². The Hall–Kier alpha value is -2.34. The van der Waals surface area contributed by atoms with Crippen molar-refractivity contribution in [3.8, 4) is 0 Å². The van der Waals surface area contributed by atoms with Gasteiger partial charge in [-0.3, -0.25) is 9.20 Å². The summed E-state index contributed by atoms with van der Waals surface area (Å²) in [5.41, 5.74) is 1.30. The summed E-state index contributed by atoms with van der Waals surface area (Å²) in [5, 5.41) is 9.01. The van der Waals surface area contributed by atoms with Crippen molar-refractivity contribution in [2.75, 3.05) is 6.54 Å². The van der Waals surface area contributed by atoms with Crippen molar-refractivity contribution in [3.05, 3.63) is 53.2 Å². The summed E-state index contributed by atoms with van der Waals surface area (Å²) >= 11 is 5.90. The SMILES string of the molecule is O=C(c1cc(Cl)c[nH]1)N1CCC[C@@H]1c1nnc2ccccn12. The van der Waals surface area contributed by atoms with Gasteiger partial charge in [-0.25, -0.2) is 0 Å². The fourth-order valence-corrected chi connectivity index (χ4v) is 3.18. The van der Waals surface area contributed by atoms with E-state index in [9.17, 15) is 4.79 Å². The van der Waals surface area contributed by atoms with E-state index in [-0.39, 0.29) is 11.9 Å². The van der Waals surface area contributed by atoms with Gasteiger partial charge in [-0.2, -0.15) is 0 Å². The molecule has 1 aliphatic rings. The first-order valence-corrected chi connectivity index (χ1v) is 7.56. The van der Waals surface area contributed by atoms with E-state index in [1.807, 2.05) is 33.7 Å². The summed E-state index contributed by atoms with van der Waals surface area (Å²) in [5.74, 6) is 0.751. The van der Waals surface area contributed by atoms with Crippen LogP contribution in [-0.2, 0) is 0 Å². The third-order valence-corrected chi connectivity index (χ3v) is 4.25. The molecule has 7 heteroatoms. The molecule has 4 rings (SSSR count). The summed E-state index contributed by atoms with van der Waals surface area (Å²) in [6, 6.07) is 7.36. The lowest BCUT2D eigenvalue weighted by Gasteiger charge is -2.22. The van der Waals surface area contributed by atoms with Crippen molar-refractivity contribution in [1.29, 1.82) is 0 Å². The molecule has 0 spiro atoms. The molecule has 1 N–H and O–H groups in total. The zero-order valence-electron chi connectivity index (χ0n) is 11.7. The lowest BCUT2D eigenvalue weighted by Crippen LogP contribution is -2.31. The molecule has 6 nitrogen and oxygen atoms in total. The van der Waals surface area contributed by atoms with E-state index in [0.29, 0.717) is 17.3 Å². The van der Waals surface area contributed by atoms with E-state index in [1.54, 1.807) is 12.3 Å². The Morgan fingerprint density at radius 3 is 3.09 bits per heavy atom. The number of carbonyl (C=O) groups is 1. The lowest BCUT2D eigenvalue weighted by molar-refractivity contribution is 0.0724. The minimum Gasteiger partial charge on any atom is -0.356 e. The number of nitrogens with one attached hydrogen (secondary N) is 1. The van der Waals surface area contributed by atoms with Crippen molar-refractivity contribution >= 4 is 23.2 Å². The molecule has 0 radical (unpaired) electrons. The van der Waals surface area contributed by atoms with Crippen molar-refractivity contribution in [3.63, 3.8) is 0 Å². The van der Waals surface area contributed by atoms with Crippen molar-refractivity contribution in [2.45, 2.75) is 18.9 Å². The summed E-state index contributed by atoms with van der Waals surface area (Å²) in [6.07, 6.45) is 5.38. The average Bonchev–Trinajstić information content (AvgIpc) is 3.24. The maximum absolute atomic E-state index is 12.7. The van der Waals surface area contributed by atoms with Gasteiger partial charge in [0.05, 0.1) is 11.1 Å². The minimum absolute atomic E-state index is 0.0536. The van der Waals surface area contributed by atoms with E-state index in [1.165, 1.54) is 0 Å². The Kier molecular flexibility index (Phi) is 3.11. The minimum atomic E-state index is -0.0630. The van der Waals surface area contributed by atoms with Gasteiger partial charge in [-0.05, 0) is 31.0 Å². The van der Waals surface area contributed by atoms with Crippen molar-refractivity contribution in [2.24, 2.45) is 0 Å². The maximum atomic E-state index is 12.7. The number of carbonyl (C=O) groups excluding carboxylic acids is 1. The molecule has 3 aromatic heterocycles. The number of pyridine rings is 1. The van der Waals surface area contributed by atoms with Gasteiger partial charge in [0.1, 0.15) is 5.69 Å². The molecule has 1 atom stereocenters. The predicted octanol–water partition coefficient (Wildman–Crippen LogP) is 2.69. The Morgan fingerprint density at radius 2 is 2.27 bits per heavy atom. The number of fused-ring (bicyclic) bond motifs is 1. The molecular weight excluding hydrogens is 302 g/mol. The van der Waals surface area contributed by atoms with Crippen LogP contribution in [0.25, 0.3) is 5.65 Å². The highest BCUT2D eigenvalue weighted by atomic mass is 35.5. The largest absolute Gasteiger partial charge is 0.356 e. The molecule has 1 saturated heterocycles. The number of nitrogens with zero attached hydrogens (tertiary/aromatic N) is 4. The molecule has 1 amide bonds. The molecule has 112 valence electrons. The second-order valence-electron chi connectivity index (χ2n) is 5.38. The molecule has 1 aliphatic heterocycles. The van der Waals surface area contributed by atoms with Crippen LogP contribution in [0.3, 0.4) is 0 Å². The Morgan fingerprint density at radius 1 is 1.36 bits per heavy atom. The van der Waals surface area contributed by atoms with Gasteiger partial charge in [0.15, 0.2) is 11.5 Å². The predicted molar refractivity (Wildman–Crippen MR) is 81.8 cm³/mol. The zero-order chi connectivity index (χ0) is 15.1. The van der Waals surface area contributed by atoms with Crippen LogP contribution < -0.4 is 0 Å².